The second-order valence-electron chi connectivity index (χ2n) is 17.7. The van der Waals surface area contributed by atoms with Crippen LogP contribution in [0.5, 0.6) is 11.5 Å². The Kier molecular flexibility index (Phi) is 19.0. The van der Waals surface area contributed by atoms with E-state index in [0.717, 1.165) is 98.5 Å². The molecule has 6 aromatic rings. The predicted octanol–water partition coefficient (Wildman–Crippen LogP) is 7.88. The van der Waals surface area contributed by atoms with Crippen molar-refractivity contribution in [1.29, 1.82) is 10.5 Å². The van der Waals surface area contributed by atoms with Crippen molar-refractivity contribution < 1.29 is 19.1 Å². The lowest BCUT2D eigenvalue weighted by atomic mass is 10.1. The largest absolute Gasteiger partial charge is 0.489 e. The first-order valence-electron chi connectivity index (χ1n) is 24.0. The van der Waals surface area contributed by atoms with Crippen molar-refractivity contribution in [1.82, 2.24) is 30.4 Å². The minimum atomic E-state index is -0.522. The Morgan fingerprint density at radius 1 is 0.557 bits per heavy atom. The number of aromatic nitrogens is 2. The Bertz CT molecular complexity index is 2420. The van der Waals surface area contributed by atoms with E-state index in [0.29, 0.717) is 35.9 Å². The van der Waals surface area contributed by atoms with Gasteiger partial charge in [-0.25, -0.2) is 9.97 Å². The molecule has 4 N–H and O–H groups in total. The number of carbonyl (C=O) groups is 2. The van der Waals surface area contributed by atoms with E-state index in [9.17, 15) is 9.59 Å². The third kappa shape index (κ3) is 15.8. The summed E-state index contributed by atoms with van der Waals surface area (Å²) in [6, 6.07) is 44.8. The summed E-state index contributed by atoms with van der Waals surface area (Å²) in [5.74, 6) is 2.07. The van der Waals surface area contributed by atoms with E-state index in [1.807, 2.05) is 121 Å². The maximum absolute atomic E-state index is 13.2. The van der Waals surface area contributed by atoms with Crippen LogP contribution in [-0.4, -0.2) is 97.2 Å². The van der Waals surface area contributed by atoms with Gasteiger partial charge in [0.25, 0.3) is 0 Å². The third-order valence-corrected chi connectivity index (χ3v) is 12.4. The fraction of sp³-hybridized carbons (Fsp3) is 0.321. The van der Waals surface area contributed by atoms with E-state index >= 15 is 0 Å². The Hall–Kier alpha value is -7.46. The molecule has 2 atom stereocenters. The van der Waals surface area contributed by atoms with E-state index < -0.39 is 12.1 Å². The quantitative estimate of drug-likeness (QED) is 0.0656. The summed E-state index contributed by atoms with van der Waals surface area (Å²) < 4.78 is 12.1. The highest BCUT2D eigenvalue weighted by molar-refractivity contribution is 5.95. The first kappa shape index (κ1) is 50.4. The number of carbonyl (C=O) groups excluding carboxylic acids is 2. The molecule has 8 rings (SSSR count). The van der Waals surface area contributed by atoms with Crippen molar-refractivity contribution in [2.24, 2.45) is 0 Å². The molecule has 0 spiro atoms. The zero-order valence-electron chi connectivity index (χ0n) is 40.0. The molecule has 360 valence electrons. The Morgan fingerprint density at radius 2 is 0.929 bits per heavy atom. The number of pyridine rings is 2. The van der Waals surface area contributed by atoms with Crippen LogP contribution in [0.15, 0.2) is 146 Å². The van der Waals surface area contributed by atoms with Crippen LogP contribution in [0.4, 0.5) is 11.6 Å². The first-order valence-corrected chi connectivity index (χ1v) is 24.0. The first-order chi connectivity index (χ1) is 34.2. The standard InChI is InChI=1S/2C28H31N5O2/c2*1-33-17-14-24(15-18-33)35-25-11-12-26(31-20-25)32-28(34)27(23-5-3-2-4-6-23)30-16-13-21-7-9-22(19-29)10-8-21/h2*2-12,20,24,27,30H,13-18H2,1H3,(H,31,32,34)/t2*27-/m10/s1. The lowest BCUT2D eigenvalue weighted by Crippen LogP contribution is -2.35. The Balaban J connectivity index is 0.000000206. The highest BCUT2D eigenvalue weighted by Crippen LogP contribution is 2.23. The van der Waals surface area contributed by atoms with Gasteiger partial charge in [0.1, 0.15) is 47.4 Å². The highest BCUT2D eigenvalue weighted by Gasteiger charge is 2.23. The lowest BCUT2D eigenvalue weighted by molar-refractivity contribution is -0.119. The number of amides is 2. The molecule has 0 radical (unpaired) electrons. The maximum Gasteiger partial charge on any atom is 0.247 e. The smallest absolute Gasteiger partial charge is 0.247 e. The molecule has 4 heterocycles. The van der Waals surface area contributed by atoms with E-state index in [4.69, 9.17) is 20.0 Å². The van der Waals surface area contributed by atoms with Gasteiger partial charge in [0.2, 0.25) is 11.8 Å². The van der Waals surface area contributed by atoms with Gasteiger partial charge in [-0.3, -0.25) is 9.59 Å². The van der Waals surface area contributed by atoms with Gasteiger partial charge in [0.15, 0.2) is 0 Å². The summed E-state index contributed by atoms with van der Waals surface area (Å²) in [4.78, 5) is 39.8. The summed E-state index contributed by atoms with van der Waals surface area (Å²) in [7, 11) is 4.25. The number of hydrogen-bond donors (Lipinski definition) is 4. The second kappa shape index (κ2) is 26.3. The number of likely N-dealkylation sites (tertiary alicyclic amines) is 2. The average Bonchev–Trinajstić information content (AvgIpc) is 3.40. The van der Waals surface area contributed by atoms with Gasteiger partial charge in [-0.15, -0.1) is 0 Å². The van der Waals surface area contributed by atoms with Crippen molar-refractivity contribution in [3.63, 3.8) is 0 Å². The van der Waals surface area contributed by atoms with Crippen LogP contribution in [0.2, 0.25) is 0 Å². The lowest BCUT2D eigenvalue weighted by Gasteiger charge is -2.29. The van der Waals surface area contributed by atoms with E-state index in [1.54, 1.807) is 24.5 Å². The highest BCUT2D eigenvalue weighted by atomic mass is 16.5. The number of rotatable bonds is 18. The van der Waals surface area contributed by atoms with Crippen molar-refractivity contribution in [3.8, 4) is 23.6 Å². The monoisotopic (exact) mass is 938 g/mol. The minimum Gasteiger partial charge on any atom is -0.489 e. The average molecular weight is 939 g/mol. The summed E-state index contributed by atoms with van der Waals surface area (Å²) in [5.41, 5.74) is 5.24. The Morgan fingerprint density at radius 3 is 1.26 bits per heavy atom. The van der Waals surface area contributed by atoms with Gasteiger partial charge in [0.05, 0.1) is 35.7 Å². The number of piperidine rings is 2. The second-order valence-corrected chi connectivity index (χ2v) is 17.7. The number of benzene rings is 4. The number of nitrogens with zero attached hydrogens (tertiary/aromatic N) is 6. The SMILES string of the molecule is CN1CCC(Oc2ccc(NC(=O)[C@@H](NCCc3ccc(C#N)cc3)c3ccccc3)nc2)CC1.CN1CCC(Oc2ccc(NC(=O)[C@H](NCCc3ccc(C#N)cc3)c3ccccc3)nc2)CC1. The maximum atomic E-state index is 13.2. The molecule has 0 unspecified atom stereocenters. The predicted molar refractivity (Wildman–Crippen MR) is 272 cm³/mol. The van der Waals surface area contributed by atoms with Crippen molar-refractivity contribution in [2.75, 3.05) is 64.0 Å². The van der Waals surface area contributed by atoms with Gasteiger partial charge < -0.3 is 40.5 Å². The van der Waals surface area contributed by atoms with Crippen LogP contribution in [-0.2, 0) is 22.4 Å². The van der Waals surface area contributed by atoms with E-state index in [1.165, 1.54) is 0 Å². The summed E-state index contributed by atoms with van der Waals surface area (Å²) in [6.07, 6.45) is 9.24. The molecule has 0 saturated carbocycles. The van der Waals surface area contributed by atoms with Crippen molar-refractivity contribution in [3.05, 3.63) is 179 Å². The number of ether oxygens (including phenoxy) is 2. The fourth-order valence-corrected chi connectivity index (χ4v) is 8.26. The molecule has 2 saturated heterocycles. The Labute approximate surface area is 411 Å². The van der Waals surface area contributed by atoms with Crippen LogP contribution in [0.3, 0.4) is 0 Å². The van der Waals surface area contributed by atoms with Crippen molar-refractivity contribution in [2.45, 2.75) is 62.8 Å². The zero-order valence-corrected chi connectivity index (χ0v) is 40.0. The molecule has 0 bridgehead atoms. The molecule has 2 aromatic heterocycles. The minimum absolute atomic E-state index is 0.174. The van der Waals surface area contributed by atoms with Crippen LogP contribution < -0.4 is 30.7 Å². The number of anilines is 2. The number of hydrogen-bond acceptors (Lipinski definition) is 12. The third-order valence-electron chi connectivity index (χ3n) is 12.4. The van der Waals surface area contributed by atoms with Crippen LogP contribution in [0.25, 0.3) is 0 Å². The molecular formula is C56H62N10O4. The molecule has 14 nitrogen and oxygen atoms in total. The molecule has 14 heteroatoms. The number of nitrogens with one attached hydrogen (secondary N) is 4. The summed E-state index contributed by atoms with van der Waals surface area (Å²) in [5, 5.41) is 30.5. The van der Waals surface area contributed by atoms with Gasteiger partial charge in [-0.2, -0.15) is 10.5 Å². The molecule has 2 aliphatic rings. The topological polar surface area (TPSA) is 181 Å². The van der Waals surface area contributed by atoms with Crippen molar-refractivity contribution >= 4 is 23.5 Å². The molecule has 2 amide bonds. The van der Waals surface area contributed by atoms with Crippen LogP contribution in [0.1, 0.15) is 71.1 Å². The van der Waals surface area contributed by atoms with Gasteiger partial charge in [0, 0.05) is 39.3 Å². The van der Waals surface area contributed by atoms with Crippen LogP contribution >= 0.6 is 0 Å². The molecule has 70 heavy (non-hydrogen) atoms. The van der Waals surface area contributed by atoms with Crippen LogP contribution in [0, 0.1) is 22.7 Å². The molecule has 0 aliphatic carbocycles. The van der Waals surface area contributed by atoms with Gasteiger partial charge in [-0.05, 0) is 123 Å². The molecule has 4 aromatic carbocycles. The normalized spacial score (nSPS) is 15.2. The number of nitriles is 2. The summed E-state index contributed by atoms with van der Waals surface area (Å²) >= 11 is 0. The zero-order chi connectivity index (χ0) is 48.9. The molecule has 2 aliphatic heterocycles. The van der Waals surface area contributed by atoms with Gasteiger partial charge in [-0.1, -0.05) is 84.9 Å². The van der Waals surface area contributed by atoms with Gasteiger partial charge >= 0.3 is 0 Å². The molecule has 2 fully saturated rings. The molecular weight excluding hydrogens is 877 g/mol. The van der Waals surface area contributed by atoms with E-state index in [2.05, 4.69) is 67.3 Å². The van der Waals surface area contributed by atoms with E-state index in [-0.39, 0.29) is 24.0 Å². The summed E-state index contributed by atoms with van der Waals surface area (Å²) in [6.45, 7) is 5.35. The fourth-order valence-electron chi connectivity index (χ4n) is 8.26.